The van der Waals surface area contributed by atoms with E-state index in [2.05, 4.69) is 21.2 Å². The first-order chi connectivity index (χ1) is 14.7. The summed E-state index contributed by atoms with van der Waals surface area (Å²) in [6.07, 6.45) is 0. The topological polar surface area (TPSA) is 47.6 Å². The van der Waals surface area contributed by atoms with E-state index in [9.17, 15) is 4.79 Å². The van der Waals surface area contributed by atoms with Crippen molar-refractivity contribution in [3.63, 3.8) is 0 Å². The number of carbonyl (C=O) groups is 1. The zero-order valence-electron chi connectivity index (χ0n) is 15.9. The Hall–Kier alpha value is -3.57. The van der Waals surface area contributed by atoms with Crippen LogP contribution in [-0.2, 0) is 0 Å². The van der Waals surface area contributed by atoms with Crippen molar-refractivity contribution in [3.05, 3.63) is 113 Å². The zero-order valence-corrected chi connectivity index (χ0v) is 17.5. The lowest BCUT2D eigenvalue weighted by molar-refractivity contribution is 0.102. The molecule has 4 aromatic carbocycles. The van der Waals surface area contributed by atoms with Crippen molar-refractivity contribution in [2.45, 2.75) is 0 Å². The van der Waals surface area contributed by atoms with E-state index in [1.165, 1.54) is 0 Å². The van der Waals surface area contributed by atoms with Gasteiger partial charge in [-0.2, -0.15) is 0 Å². The van der Waals surface area contributed by atoms with Gasteiger partial charge in [0.25, 0.3) is 5.91 Å². The van der Waals surface area contributed by atoms with Gasteiger partial charge in [-0.15, -0.1) is 0 Å². The van der Waals surface area contributed by atoms with Gasteiger partial charge in [0.05, 0.1) is 0 Å². The van der Waals surface area contributed by atoms with Crippen LogP contribution >= 0.6 is 15.9 Å². The van der Waals surface area contributed by atoms with Crippen molar-refractivity contribution in [2.75, 3.05) is 5.32 Å². The fraction of sp³-hybridized carbons (Fsp3) is 0. The number of carbonyl (C=O) groups excluding carboxylic acids is 1. The molecule has 4 aromatic rings. The van der Waals surface area contributed by atoms with Crippen LogP contribution in [-0.4, -0.2) is 5.91 Å². The normalized spacial score (nSPS) is 10.3. The van der Waals surface area contributed by atoms with Crippen molar-refractivity contribution in [1.82, 2.24) is 0 Å². The zero-order chi connectivity index (χ0) is 20.8. The van der Waals surface area contributed by atoms with Crippen LogP contribution in [0.1, 0.15) is 10.4 Å². The SMILES string of the molecule is O=C(Nc1cc(Oc2ccccc2)cc(Oc2ccccc2)c1)c1ccc(Br)cc1. The fourth-order valence-electron chi connectivity index (χ4n) is 2.82. The minimum atomic E-state index is -0.218. The summed E-state index contributed by atoms with van der Waals surface area (Å²) in [5, 5.41) is 2.92. The van der Waals surface area contributed by atoms with E-state index in [-0.39, 0.29) is 5.91 Å². The minimum absolute atomic E-state index is 0.218. The Labute approximate surface area is 183 Å². The number of hydrogen-bond acceptors (Lipinski definition) is 3. The Balaban J connectivity index is 1.62. The molecule has 0 saturated carbocycles. The van der Waals surface area contributed by atoms with E-state index < -0.39 is 0 Å². The van der Waals surface area contributed by atoms with Crippen LogP contribution < -0.4 is 14.8 Å². The number of halogens is 1. The van der Waals surface area contributed by atoms with Gasteiger partial charge in [0.2, 0.25) is 0 Å². The van der Waals surface area contributed by atoms with Gasteiger partial charge >= 0.3 is 0 Å². The summed E-state index contributed by atoms with van der Waals surface area (Å²) < 4.78 is 12.8. The molecule has 1 amide bonds. The molecule has 0 fully saturated rings. The van der Waals surface area contributed by atoms with Crippen LogP contribution in [0.4, 0.5) is 5.69 Å². The first-order valence-electron chi connectivity index (χ1n) is 9.33. The van der Waals surface area contributed by atoms with Crippen LogP contribution in [0.5, 0.6) is 23.0 Å². The highest BCUT2D eigenvalue weighted by atomic mass is 79.9. The summed E-state index contributed by atoms with van der Waals surface area (Å²) in [4.78, 5) is 12.7. The maximum atomic E-state index is 12.7. The van der Waals surface area contributed by atoms with E-state index >= 15 is 0 Å². The van der Waals surface area contributed by atoms with Gasteiger partial charge in [-0.05, 0) is 48.5 Å². The van der Waals surface area contributed by atoms with Gasteiger partial charge in [0.1, 0.15) is 23.0 Å². The van der Waals surface area contributed by atoms with Gasteiger partial charge in [-0.25, -0.2) is 0 Å². The monoisotopic (exact) mass is 459 g/mol. The number of anilines is 1. The number of benzene rings is 4. The largest absolute Gasteiger partial charge is 0.457 e. The molecule has 0 aliphatic rings. The highest BCUT2D eigenvalue weighted by molar-refractivity contribution is 9.10. The molecule has 4 nitrogen and oxygen atoms in total. The lowest BCUT2D eigenvalue weighted by Gasteiger charge is -2.13. The third-order valence-electron chi connectivity index (χ3n) is 4.20. The van der Waals surface area contributed by atoms with E-state index in [4.69, 9.17) is 9.47 Å². The molecule has 0 saturated heterocycles. The highest BCUT2D eigenvalue weighted by Gasteiger charge is 2.10. The molecule has 0 heterocycles. The maximum absolute atomic E-state index is 12.7. The van der Waals surface area contributed by atoms with Crippen LogP contribution in [0.25, 0.3) is 0 Å². The van der Waals surface area contributed by atoms with Crippen molar-refractivity contribution >= 4 is 27.5 Å². The second-order valence-corrected chi connectivity index (χ2v) is 7.40. The summed E-state index contributed by atoms with van der Waals surface area (Å²) in [5.74, 6) is 2.28. The van der Waals surface area contributed by atoms with Gasteiger partial charge in [0.15, 0.2) is 0 Å². The predicted molar refractivity (Wildman–Crippen MR) is 122 cm³/mol. The lowest BCUT2D eigenvalue weighted by atomic mass is 10.2. The number of hydrogen-bond donors (Lipinski definition) is 1. The van der Waals surface area contributed by atoms with Crippen molar-refractivity contribution < 1.29 is 14.3 Å². The number of amides is 1. The molecule has 0 radical (unpaired) electrons. The van der Waals surface area contributed by atoms with Gasteiger partial charge in [0, 0.05) is 33.9 Å². The number of ether oxygens (including phenoxy) is 2. The quantitative estimate of drug-likeness (QED) is 0.329. The number of rotatable bonds is 6. The molecule has 5 heteroatoms. The smallest absolute Gasteiger partial charge is 0.255 e. The molecule has 0 aliphatic heterocycles. The Bertz CT molecular complexity index is 1070. The van der Waals surface area contributed by atoms with E-state index in [0.29, 0.717) is 34.2 Å². The average molecular weight is 460 g/mol. The third-order valence-corrected chi connectivity index (χ3v) is 4.73. The Morgan fingerprint density at radius 3 is 1.63 bits per heavy atom. The molecular formula is C25H18BrNO3. The summed E-state index contributed by atoms with van der Waals surface area (Å²) in [6.45, 7) is 0. The van der Waals surface area contributed by atoms with Crippen LogP contribution in [0, 0.1) is 0 Å². The predicted octanol–water partition coefficient (Wildman–Crippen LogP) is 7.29. The van der Waals surface area contributed by atoms with Crippen molar-refractivity contribution in [3.8, 4) is 23.0 Å². The standard InChI is InChI=1S/C25H18BrNO3/c26-19-13-11-18(12-14-19)25(28)27-20-15-23(29-21-7-3-1-4-8-21)17-24(16-20)30-22-9-5-2-6-10-22/h1-17H,(H,27,28). The highest BCUT2D eigenvalue weighted by Crippen LogP contribution is 2.32. The van der Waals surface area contributed by atoms with Crippen LogP contribution in [0.2, 0.25) is 0 Å². The number of para-hydroxylation sites is 2. The molecule has 0 atom stereocenters. The van der Waals surface area contributed by atoms with Gasteiger partial charge in [-0.1, -0.05) is 52.3 Å². The molecule has 0 unspecified atom stereocenters. The third kappa shape index (κ3) is 5.27. The summed E-state index contributed by atoms with van der Waals surface area (Å²) in [7, 11) is 0. The Morgan fingerprint density at radius 1 is 0.633 bits per heavy atom. The first kappa shape index (κ1) is 19.7. The number of nitrogens with one attached hydrogen (secondary N) is 1. The summed E-state index contributed by atoms with van der Waals surface area (Å²) in [6, 6.07) is 31.4. The fourth-order valence-corrected chi connectivity index (χ4v) is 3.08. The first-order valence-corrected chi connectivity index (χ1v) is 10.1. The molecule has 148 valence electrons. The molecule has 0 aromatic heterocycles. The van der Waals surface area contributed by atoms with Crippen molar-refractivity contribution in [2.24, 2.45) is 0 Å². The second-order valence-electron chi connectivity index (χ2n) is 6.48. The molecular weight excluding hydrogens is 442 g/mol. The molecule has 0 aliphatic carbocycles. The van der Waals surface area contributed by atoms with Gasteiger partial charge < -0.3 is 14.8 Å². The summed E-state index contributed by atoms with van der Waals surface area (Å²) in [5.41, 5.74) is 1.13. The van der Waals surface area contributed by atoms with E-state index in [1.54, 1.807) is 30.3 Å². The average Bonchev–Trinajstić information content (AvgIpc) is 2.75. The van der Waals surface area contributed by atoms with Crippen molar-refractivity contribution in [1.29, 1.82) is 0 Å². The Kier molecular flexibility index (Phi) is 6.11. The maximum Gasteiger partial charge on any atom is 0.255 e. The molecule has 1 N–H and O–H groups in total. The van der Waals surface area contributed by atoms with Crippen LogP contribution in [0.3, 0.4) is 0 Å². The Morgan fingerprint density at radius 2 is 1.13 bits per heavy atom. The van der Waals surface area contributed by atoms with E-state index in [1.807, 2.05) is 72.8 Å². The molecule has 30 heavy (non-hydrogen) atoms. The second kappa shape index (κ2) is 9.29. The minimum Gasteiger partial charge on any atom is -0.457 e. The molecule has 0 spiro atoms. The van der Waals surface area contributed by atoms with Crippen LogP contribution in [0.15, 0.2) is 108 Å². The summed E-state index contributed by atoms with van der Waals surface area (Å²) >= 11 is 3.38. The van der Waals surface area contributed by atoms with E-state index in [0.717, 1.165) is 4.47 Å². The lowest BCUT2D eigenvalue weighted by Crippen LogP contribution is -2.11. The molecule has 0 bridgehead atoms. The molecule has 4 rings (SSSR count). The van der Waals surface area contributed by atoms with Gasteiger partial charge in [-0.3, -0.25) is 4.79 Å².